The smallest absolute Gasteiger partial charge is 0.136 e. The van der Waals surface area contributed by atoms with Gasteiger partial charge in [0, 0.05) is 27.2 Å². The van der Waals surface area contributed by atoms with E-state index >= 15 is 0 Å². The van der Waals surface area contributed by atoms with E-state index in [1.54, 1.807) is 0 Å². The fraction of sp³-hybridized carbons (Fsp3) is 0. The summed E-state index contributed by atoms with van der Waals surface area (Å²) in [5, 5.41) is 10.0. The van der Waals surface area contributed by atoms with E-state index < -0.39 is 0 Å². The van der Waals surface area contributed by atoms with Gasteiger partial charge < -0.3 is 8.98 Å². The Morgan fingerprint density at radius 3 is 1.74 bits per heavy atom. The van der Waals surface area contributed by atoms with Gasteiger partial charge in [-0.25, -0.2) is 0 Å². The van der Waals surface area contributed by atoms with Crippen LogP contribution >= 0.6 is 0 Å². The molecule has 0 spiro atoms. The van der Waals surface area contributed by atoms with Crippen molar-refractivity contribution in [3.63, 3.8) is 0 Å². The molecular formula is C36H21NO. The summed E-state index contributed by atoms with van der Waals surface area (Å²) in [6, 6.07) is 45.9. The molecule has 7 aromatic carbocycles. The van der Waals surface area contributed by atoms with Crippen LogP contribution in [0.25, 0.3) is 82.1 Å². The van der Waals surface area contributed by atoms with E-state index in [1.165, 1.54) is 65.3 Å². The summed E-state index contributed by atoms with van der Waals surface area (Å²) in [6.07, 6.45) is 0. The zero-order chi connectivity index (χ0) is 24.8. The lowest BCUT2D eigenvalue weighted by molar-refractivity contribution is 0.669. The van der Waals surface area contributed by atoms with Crippen molar-refractivity contribution in [2.45, 2.75) is 0 Å². The lowest BCUT2D eigenvalue weighted by Crippen LogP contribution is -1.94. The Kier molecular flexibility index (Phi) is 3.82. The molecule has 0 aliphatic rings. The Morgan fingerprint density at radius 2 is 1.00 bits per heavy atom. The van der Waals surface area contributed by atoms with Crippen LogP contribution in [0.4, 0.5) is 0 Å². The molecule has 9 aromatic rings. The van der Waals surface area contributed by atoms with Gasteiger partial charge in [-0.05, 0) is 75.1 Å². The highest BCUT2D eigenvalue weighted by molar-refractivity contribution is 6.34. The third-order valence-electron chi connectivity index (χ3n) is 8.15. The number of nitrogens with zero attached hydrogens (tertiary/aromatic N) is 1. The van der Waals surface area contributed by atoms with Crippen molar-refractivity contribution in [3.8, 4) is 16.8 Å². The quantitative estimate of drug-likeness (QED) is 0.224. The molecule has 9 rings (SSSR count). The highest BCUT2D eigenvalue weighted by atomic mass is 16.3. The van der Waals surface area contributed by atoms with Crippen LogP contribution in [0.15, 0.2) is 132 Å². The summed E-state index contributed by atoms with van der Waals surface area (Å²) < 4.78 is 8.68. The van der Waals surface area contributed by atoms with E-state index in [2.05, 4.69) is 132 Å². The molecule has 0 aliphatic heterocycles. The minimum atomic E-state index is 0.952. The van der Waals surface area contributed by atoms with Crippen molar-refractivity contribution in [2.75, 3.05) is 0 Å². The normalized spacial score (nSPS) is 12.2. The van der Waals surface area contributed by atoms with Crippen LogP contribution in [-0.2, 0) is 0 Å². The Bertz CT molecular complexity index is 2320. The molecule has 2 heteroatoms. The predicted octanol–water partition coefficient (Wildman–Crippen LogP) is 10.1. The molecule has 2 nitrogen and oxygen atoms in total. The summed E-state index contributed by atoms with van der Waals surface area (Å²) in [4.78, 5) is 0. The summed E-state index contributed by atoms with van der Waals surface area (Å²) in [5.41, 5.74) is 7.96. The van der Waals surface area contributed by atoms with Gasteiger partial charge in [-0.3, -0.25) is 0 Å². The first-order valence-corrected chi connectivity index (χ1v) is 13.0. The molecule has 0 N–H and O–H groups in total. The maximum atomic E-state index is 6.27. The Labute approximate surface area is 218 Å². The molecule has 0 fully saturated rings. The topological polar surface area (TPSA) is 18.1 Å². The highest BCUT2D eigenvalue weighted by Gasteiger charge is 2.19. The van der Waals surface area contributed by atoms with Gasteiger partial charge >= 0.3 is 0 Å². The first-order valence-electron chi connectivity index (χ1n) is 13.0. The molecule has 0 bridgehead atoms. The monoisotopic (exact) mass is 483 g/mol. The molecule has 2 aromatic heterocycles. The van der Waals surface area contributed by atoms with Crippen molar-refractivity contribution in [3.05, 3.63) is 127 Å². The fourth-order valence-corrected chi connectivity index (χ4v) is 6.49. The van der Waals surface area contributed by atoms with Gasteiger partial charge in [0.15, 0.2) is 0 Å². The zero-order valence-electron chi connectivity index (χ0n) is 20.5. The number of hydrogen-bond acceptors (Lipinski definition) is 1. The van der Waals surface area contributed by atoms with Gasteiger partial charge in [0.2, 0.25) is 0 Å². The number of furan rings is 1. The summed E-state index contributed by atoms with van der Waals surface area (Å²) in [6.45, 7) is 0. The molecule has 0 saturated carbocycles. The predicted molar refractivity (Wildman–Crippen MR) is 160 cm³/mol. The largest absolute Gasteiger partial charge is 0.456 e. The van der Waals surface area contributed by atoms with Gasteiger partial charge in [0.25, 0.3) is 0 Å². The van der Waals surface area contributed by atoms with Crippen LogP contribution in [0, 0.1) is 0 Å². The number of hydrogen-bond donors (Lipinski definition) is 0. The van der Waals surface area contributed by atoms with Crippen LogP contribution < -0.4 is 0 Å². The Morgan fingerprint density at radius 1 is 0.395 bits per heavy atom. The molecule has 0 unspecified atom stereocenters. The molecule has 176 valence electrons. The van der Waals surface area contributed by atoms with Crippen molar-refractivity contribution in [1.29, 1.82) is 0 Å². The summed E-state index contributed by atoms with van der Waals surface area (Å²) in [5.74, 6) is 0. The molecule has 2 heterocycles. The van der Waals surface area contributed by atoms with Crippen LogP contribution in [0.5, 0.6) is 0 Å². The van der Waals surface area contributed by atoms with E-state index in [4.69, 9.17) is 4.42 Å². The van der Waals surface area contributed by atoms with Crippen molar-refractivity contribution in [1.82, 2.24) is 4.57 Å². The van der Waals surface area contributed by atoms with E-state index in [1.807, 2.05) is 0 Å². The van der Waals surface area contributed by atoms with Gasteiger partial charge in [-0.15, -0.1) is 0 Å². The van der Waals surface area contributed by atoms with E-state index in [-0.39, 0.29) is 0 Å². The van der Waals surface area contributed by atoms with Crippen LogP contribution in [-0.4, -0.2) is 4.57 Å². The van der Waals surface area contributed by atoms with Crippen LogP contribution in [0.2, 0.25) is 0 Å². The fourth-order valence-electron chi connectivity index (χ4n) is 6.49. The standard InChI is InChI=1S/C36H21NO/c1-2-8-22(9-3-1)23-16-18-24(19-17-23)37-31-13-5-4-10-25(31)30-20-28-26-11-6-14-33-35(26)36-27(29(28)21-32(30)37)12-7-15-34(36)38-33/h1-21H. The Balaban J connectivity index is 1.41. The first-order chi connectivity index (χ1) is 18.8. The third-order valence-corrected chi connectivity index (χ3v) is 8.15. The number of aromatic nitrogens is 1. The second-order valence-corrected chi connectivity index (χ2v) is 10.1. The summed E-state index contributed by atoms with van der Waals surface area (Å²) in [7, 11) is 0. The zero-order valence-corrected chi connectivity index (χ0v) is 20.5. The van der Waals surface area contributed by atoms with E-state index in [0.29, 0.717) is 0 Å². The molecule has 0 radical (unpaired) electrons. The minimum Gasteiger partial charge on any atom is -0.456 e. The maximum Gasteiger partial charge on any atom is 0.136 e. The number of fused-ring (bicyclic) bond motifs is 6. The number of rotatable bonds is 2. The number of benzene rings is 7. The van der Waals surface area contributed by atoms with Crippen molar-refractivity contribution >= 4 is 65.3 Å². The van der Waals surface area contributed by atoms with Gasteiger partial charge in [0.05, 0.1) is 11.0 Å². The highest BCUT2D eigenvalue weighted by Crippen LogP contribution is 2.44. The average molecular weight is 484 g/mol. The lowest BCUT2D eigenvalue weighted by atomic mass is 9.93. The number of para-hydroxylation sites is 1. The van der Waals surface area contributed by atoms with Gasteiger partial charge in [-0.1, -0.05) is 84.9 Å². The first kappa shape index (κ1) is 20.0. The molecular weight excluding hydrogens is 462 g/mol. The van der Waals surface area contributed by atoms with Crippen LogP contribution in [0.1, 0.15) is 0 Å². The van der Waals surface area contributed by atoms with Gasteiger partial charge in [0.1, 0.15) is 11.2 Å². The molecule has 0 aliphatic carbocycles. The van der Waals surface area contributed by atoms with Crippen molar-refractivity contribution < 1.29 is 4.42 Å². The lowest BCUT2D eigenvalue weighted by Gasteiger charge is -2.12. The van der Waals surface area contributed by atoms with Crippen molar-refractivity contribution in [2.24, 2.45) is 0 Å². The second kappa shape index (κ2) is 7.24. The minimum absolute atomic E-state index is 0.952. The maximum absolute atomic E-state index is 6.27. The Hall–Kier alpha value is -5.08. The summed E-state index contributed by atoms with van der Waals surface area (Å²) >= 11 is 0. The molecule has 0 saturated heterocycles. The molecule has 0 amide bonds. The molecule has 0 atom stereocenters. The average Bonchev–Trinajstić information content (AvgIpc) is 3.52. The third kappa shape index (κ3) is 2.56. The van der Waals surface area contributed by atoms with Gasteiger partial charge in [-0.2, -0.15) is 0 Å². The molecule has 38 heavy (non-hydrogen) atoms. The SMILES string of the molecule is c1ccc(-c2ccc(-n3c4ccccc4c4cc5c(cc43)c3cccc4oc6cccc5c6c43)cc2)cc1. The van der Waals surface area contributed by atoms with E-state index in [9.17, 15) is 0 Å². The van der Waals surface area contributed by atoms with E-state index in [0.717, 1.165) is 16.9 Å². The van der Waals surface area contributed by atoms with Crippen LogP contribution in [0.3, 0.4) is 0 Å². The second-order valence-electron chi connectivity index (χ2n) is 10.1.